The van der Waals surface area contributed by atoms with E-state index >= 15 is 0 Å². The molecule has 1 nitrogen and oxygen atoms in total. The van der Waals surface area contributed by atoms with E-state index < -0.39 is 0 Å². The van der Waals surface area contributed by atoms with Gasteiger partial charge in [0, 0.05) is 18.6 Å². The summed E-state index contributed by atoms with van der Waals surface area (Å²) in [5.74, 6) is 0. The third kappa shape index (κ3) is 2.11. The van der Waals surface area contributed by atoms with Gasteiger partial charge >= 0.3 is 0 Å². The van der Waals surface area contributed by atoms with Gasteiger partial charge in [0.1, 0.15) is 0 Å². The van der Waals surface area contributed by atoms with Gasteiger partial charge in [-0.25, -0.2) is 0 Å². The smallest absolute Gasteiger partial charge is 0.0610 e. The second-order valence-corrected chi connectivity index (χ2v) is 7.18. The summed E-state index contributed by atoms with van der Waals surface area (Å²) in [4.78, 5) is 0. The van der Waals surface area contributed by atoms with Crippen LogP contribution < -0.4 is 0 Å². The van der Waals surface area contributed by atoms with E-state index in [1.54, 1.807) is 0 Å². The average Bonchev–Trinajstić information content (AvgIpc) is 2.63. The number of halogens is 2. The summed E-state index contributed by atoms with van der Waals surface area (Å²) in [5, 5.41) is 1.31. The van der Waals surface area contributed by atoms with Crippen LogP contribution in [0, 0.1) is 20.8 Å². The summed E-state index contributed by atoms with van der Waals surface area (Å²) in [7, 11) is 2.10. The minimum atomic E-state index is 0.974. The van der Waals surface area contributed by atoms with Crippen LogP contribution in [0.5, 0.6) is 0 Å². The number of nitrogens with zero attached hydrogens (tertiary/aromatic N) is 1. The third-order valence-electron chi connectivity index (χ3n) is 3.50. The lowest BCUT2D eigenvalue weighted by atomic mass is 9.95. The van der Waals surface area contributed by atoms with E-state index in [-0.39, 0.29) is 0 Å². The number of aromatic nitrogens is 1. The lowest BCUT2D eigenvalue weighted by Gasteiger charge is -2.13. The number of hydrogen-bond acceptors (Lipinski definition) is 0. The molecule has 0 aliphatic heterocycles. The van der Waals surface area contributed by atoms with Crippen LogP contribution in [0.15, 0.2) is 15.7 Å². The zero-order valence-electron chi connectivity index (χ0n) is 10.4. The monoisotopic (exact) mass is 355 g/mol. The Morgan fingerprint density at radius 2 is 1.76 bits per heavy atom. The fraction of sp³-hybridized carbons (Fsp3) is 0.286. The molecule has 0 saturated carbocycles. The van der Waals surface area contributed by atoms with E-state index in [2.05, 4.69) is 82.6 Å². The molecule has 0 radical (unpaired) electrons. The van der Waals surface area contributed by atoms with Crippen LogP contribution in [-0.4, -0.2) is 4.57 Å². The molecule has 0 atom stereocenters. The molecule has 1 aromatic heterocycles. The highest BCUT2D eigenvalue weighted by atomic mass is 79.9. The standard InChI is InChI=1S/C14H15Br2N/c1-8-9(2)12(7-13(15)16)11-5-6-17(4)14(11)10(8)3/h5-7H,1-4H3. The number of fused-ring (bicyclic) bond motifs is 1. The maximum atomic E-state index is 3.45. The molecule has 1 heterocycles. The molecule has 0 bridgehead atoms. The molecule has 17 heavy (non-hydrogen) atoms. The summed E-state index contributed by atoms with van der Waals surface area (Å²) in [6.07, 6.45) is 4.25. The molecule has 2 aromatic rings. The summed E-state index contributed by atoms with van der Waals surface area (Å²) in [6.45, 7) is 6.57. The van der Waals surface area contributed by atoms with E-state index in [9.17, 15) is 0 Å². The average molecular weight is 357 g/mol. The van der Waals surface area contributed by atoms with Crippen molar-refractivity contribution in [2.24, 2.45) is 7.05 Å². The summed E-state index contributed by atoms with van der Waals surface area (Å²) >= 11 is 6.90. The van der Waals surface area contributed by atoms with Crippen molar-refractivity contribution < 1.29 is 0 Å². The molecule has 1 aromatic carbocycles. The first-order valence-corrected chi connectivity index (χ1v) is 7.09. The van der Waals surface area contributed by atoms with Crippen molar-refractivity contribution >= 4 is 48.8 Å². The van der Waals surface area contributed by atoms with Crippen LogP contribution in [0.25, 0.3) is 17.0 Å². The van der Waals surface area contributed by atoms with Crippen LogP contribution in [0.4, 0.5) is 0 Å². The molecule has 0 amide bonds. The highest BCUT2D eigenvalue weighted by Gasteiger charge is 2.12. The van der Waals surface area contributed by atoms with Crippen LogP contribution in [0.2, 0.25) is 0 Å². The van der Waals surface area contributed by atoms with Gasteiger partial charge in [-0.1, -0.05) is 0 Å². The van der Waals surface area contributed by atoms with Crippen molar-refractivity contribution in [2.75, 3.05) is 0 Å². The van der Waals surface area contributed by atoms with Crippen molar-refractivity contribution in [3.8, 4) is 0 Å². The first-order valence-electron chi connectivity index (χ1n) is 5.51. The van der Waals surface area contributed by atoms with Crippen LogP contribution in [0.1, 0.15) is 22.3 Å². The fourth-order valence-electron chi connectivity index (χ4n) is 2.37. The Bertz CT molecular complexity index is 617. The SMILES string of the molecule is Cc1c(C)c(C)c2c(ccn2C)c1C=C(Br)Br. The highest BCUT2D eigenvalue weighted by Crippen LogP contribution is 2.33. The van der Waals surface area contributed by atoms with Gasteiger partial charge in [0.15, 0.2) is 0 Å². The molecule has 0 fully saturated rings. The number of hydrogen-bond donors (Lipinski definition) is 0. The molecular formula is C14H15Br2N. The molecule has 3 heteroatoms. The second kappa shape index (κ2) is 4.62. The lowest BCUT2D eigenvalue weighted by molar-refractivity contribution is 0.962. The minimum absolute atomic E-state index is 0.974. The number of benzene rings is 1. The van der Waals surface area contributed by atoms with E-state index in [1.165, 1.54) is 33.2 Å². The summed E-state index contributed by atoms with van der Waals surface area (Å²) in [5.41, 5.74) is 6.69. The molecule has 0 unspecified atom stereocenters. The zero-order chi connectivity index (χ0) is 12.7. The normalized spacial score (nSPS) is 10.9. The molecular weight excluding hydrogens is 342 g/mol. The fourth-order valence-corrected chi connectivity index (χ4v) is 2.83. The third-order valence-corrected chi connectivity index (χ3v) is 3.96. The Morgan fingerprint density at radius 3 is 2.35 bits per heavy atom. The van der Waals surface area contributed by atoms with Crippen LogP contribution in [0.3, 0.4) is 0 Å². The maximum Gasteiger partial charge on any atom is 0.0610 e. The lowest BCUT2D eigenvalue weighted by Crippen LogP contribution is -1.96. The van der Waals surface area contributed by atoms with E-state index in [1.807, 2.05) is 0 Å². The Hall–Kier alpha value is -0.540. The first-order chi connectivity index (χ1) is 7.93. The molecule has 0 saturated heterocycles. The van der Waals surface area contributed by atoms with E-state index in [0.29, 0.717) is 0 Å². The van der Waals surface area contributed by atoms with Crippen molar-refractivity contribution in [2.45, 2.75) is 20.8 Å². The molecule has 0 aliphatic carbocycles. The summed E-state index contributed by atoms with van der Waals surface area (Å²) in [6, 6.07) is 2.18. The van der Waals surface area contributed by atoms with Gasteiger partial charge in [-0.15, -0.1) is 0 Å². The zero-order valence-corrected chi connectivity index (χ0v) is 13.6. The Morgan fingerprint density at radius 1 is 1.12 bits per heavy atom. The quantitative estimate of drug-likeness (QED) is 0.662. The van der Waals surface area contributed by atoms with Crippen molar-refractivity contribution in [3.63, 3.8) is 0 Å². The topological polar surface area (TPSA) is 4.93 Å². The van der Waals surface area contributed by atoms with Crippen LogP contribution >= 0.6 is 31.9 Å². The predicted molar refractivity (Wildman–Crippen MR) is 83.0 cm³/mol. The van der Waals surface area contributed by atoms with Crippen LogP contribution in [-0.2, 0) is 7.05 Å². The van der Waals surface area contributed by atoms with Crippen molar-refractivity contribution in [1.82, 2.24) is 4.57 Å². The second-order valence-electron chi connectivity index (χ2n) is 4.41. The largest absolute Gasteiger partial charge is 0.350 e. The van der Waals surface area contributed by atoms with Crippen molar-refractivity contribution in [3.05, 3.63) is 37.9 Å². The Labute approximate surface area is 119 Å². The van der Waals surface area contributed by atoms with Gasteiger partial charge in [0.05, 0.1) is 8.91 Å². The first kappa shape index (κ1) is 12.9. The molecule has 90 valence electrons. The Balaban J connectivity index is 2.97. The van der Waals surface area contributed by atoms with Crippen molar-refractivity contribution in [1.29, 1.82) is 0 Å². The highest BCUT2D eigenvalue weighted by molar-refractivity contribution is 9.28. The maximum absolute atomic E-state index is 3.45. The summed E-state index contributed by atoms with van der Waals surface area (Å²) < 4.78 is 3.16. The minimum Gasteiger partial charge on any atom is -0.350 e. The number of aryl methyl sites for hydroxylation is 2. The Kier molecular flexibility index (Phi) is 3.50. The van der Waals surface area contributed by atoms with Gasteiger partial charge in [-0.3, -0.25) is 0 Å². The van der Waals surface area contributed by atoms with Gasteiger partial charge in [-0.2, -0.15) is 0 Å². The van der Waals surface area contributed by atoms with E-state index in [4.69, 9.17) is 0 Å². The predicted octanol–water partition coefficient (Wildman–Crippen LogP) is 5.19. The molecule has 0 spiro atoms. The van der Waals surface area contributed by atoms with Gasteiger partial charge in [-0.05, 0) is 87.0 Å². The molecule has 0 aliphatic rings. The van der Waals surface area contributed by atoms with E-state index in [0.717, 1.165) is 3.39 Å². The van der Waals surface area contributed by atoms with Gasteiger partial charge in [0.2, 0.25) is 0 Å². The molecule has 0 N–H and O–H groups in total. The van der Waals surface area contributed by atoms with Gasteiger partial charge in [0.25, 0.3) is 0 Å². The number of rotatable bonds is 1. The van der Waals surface area contributed by atoms with Gasteiger partial charge < -0.3 is 4.57 Å². The molecule has 2 rings (SSSR count).